The predicted molar refractivity (Wildman–Crippen MR) is 127 cm³/mol. The van der Waals surface area contributed by atoms with Crippen LogP contribution in [-0.2, 0) is 14.3 Å². The smallest absolute Gasteiger partial charge is 0.243 e. The molecule has 1 aromatic carbocycles. The fourth-order valence-corrected chi connectivity index (χ4v) is 3.28. The summed E-state index contributed by atoms with van der Waals surface area (Å²) in [6, 6.07) is 8.10. The monoisotopic (exact) mass is 532 g/mol. The van der Waals surface area contributed by atoms with Gasteiger partial charge in [-0.1, -0.05) is 18.2 Å². The number of nitrogens with zero attached hydrogens (tertiary/aromatic N) is 2. The highest BCUT2D eigenvalue weighted by molar-refractivity contribution is 14.0. The number of amides is 1. The molecule has 30 heavy (non-hydrogen) atoms. The fourth-order valence-electron chi connectivity index (χ4n) is 3.28. The Labute approximate surface area is 195 Å². The molecule has 0 bridgehead atoms. The number of rotatable bonds is 7. The number of guanidine groups is 1. The van der Waals surface area contributed by atoms with Crippen LogP contribution in [0.25, 0.3) is 0 Å². The number of nitrogens with one attached hydrogen (secondary N) is 2. The largest absolute Gasteiger partial charge is 0.493 e. The van der Waals surface area contributed by atoms with Gasteiger partial charge in [0.1, 0.15) is 12.3 Å². The normalized spacial score (nSPS) is 21.6. The third-order valence-electron chi connectivity index (χ3n) is 4.99. The van der Waals surface area contributed by atoms with E-state index < -0.39 is 0 Å². The lowest BCUT2D eigenvalue weighted by molar-refractivity contribution is -0.127. The zero-order valence-electron chi connectivity index (χ0n) is 17.9. The van der Waals surface area contributed by atoms with Gasteiger partial charge in [0.15, 0.2) is 5.96 Å². The number of halogens is 1. The van der Waals surface area contributed by atoms with Crippen molar-refractivity contribution in [3.63, 3.8) is 0 Å². The molecular formula is C21H33IN4O4. The topological polar surface area (TPSA) is 84.4 Å². The Balaban J connectivity index is 0.00000320. The first-order valence-corrected chi connectivity index (χ1v) is 10.2. The molecule has 0 saturated carbocycles. The number of hydrogen-bond acceptors (Lipinski definition) is 5. The summed E-state index contributed by atoms with van der Waals surface area (Å²) in [6.45, 7) is 4.72. The second kappa shape index (κ2) is 12.3. The molecule has 3 rings (SSSR count). The van der Waals surface area contributed by atoms with Crippen molar-refractivity contribution >= 4 is 35.8 Å². The van der Waals surface area contributed by atoms with Gasteiger partial charge in [-0.2, -0.15) is 0 Å². The van der Waals surface area contributed by atoms with Crippen LogP contribution in [-0.4, -0.2) is 76.0 Å². The molecule has 0 spiro atoms. The summed E-state index contributed by atoms with van der Waals surface area (Å²) >= 11 is 0. The van der Waals surface area contributed by atoms with E-state index >= 15 is 0 Å². The Morgan fingerprint density at radius 3 is 2.83 bits per heavy atom. The molecule has 2 heterocycles. The molecule has 2 aliphatic rings. The van der Waals surface area contributed by atoms with E-state index in [9.17, 15) is 4.79 Å². The number of fused-ring (bicyclic) bond motifs is 1. The SMILES string of the molecule is CC(COC1CCOC1)NC(=NCC(=O)N(C)C)NC1CCOc2ccccc21.I. The first kappa shape index (κ1) is 24.7. The molecule has 8 nitrogen and oxygen atoms in total. The van der Waals surface area contributed by atoms with Crippen molar-refractivity contribution in [3.05, 3.63) is 29.8 Å². The Kier molecular flexibility index (Phi) is 10.1. The Hall–Kier alpha value is -1.59. The minimum Gasteiger partial charge on any atom is -0.493 e. The number of para-hydroxylation sites is 1. The van der Waals surface area contributed by atoms with Crippen LogP contribution in [0.4, 0.5) is 0 Å². The summed E-state index contributed by atoms with van der Waals surface area (Å²) in [5.74, 6) is 1.43. The van der Waals surface area contributed by atoms with Crippen LogP contribution < -0.4 is 15.4 Å². The lowest BCUT2D eigenvalue weighted by Crippen LogP contribution is -2.47. The second-order valence-electron chi connectivity index (χ2n) is 7.69. The van der Waals surface area contributed by atoms with Crippen molar-refractivity contribution < 1.29 is 19.0 Å². The Morgan fingerprint density at radius 2 is 2.10 bits per heavy atom. The van der Waals surface area contributed by atoms with Gasteiger partial charge in [-0.05, 0) is 19.4 Å². The van der Waals surface area contributed by atoms with Gasteiger partial charge in [0.25, 0.3) is 0 Å². The van der Waals surface area contributed by atoms with E-state index in [0.717, 1.165) is 30.8 Å². The van der Waals surface area contributed by atoms with Crippen LogP contribution in [0.5, 0.6) is 5.75 Å². The molecule has 0 aromatic heterocycles. The molecule has 1 amide bonds. The number of likely N-dealkylation sites (N-methyl/N-ethyl adjacent to an activating group) is 1. The van der Waals surface area contributed by atoms with Gasteiger partial charge in [-0.25, -0.2) is 4.99 Å². The van der Waals surface area contributed by atoms with Crippen LogP contribution in [0.15, 0.2) is 29.3 Å². The minimum absolute atomic E-state index is 0. The van der Waals surface area contributed by atoms with Gasteiger partial charge in [0, 0.05) is 38.7 Å². The molecule has 1 fully saturated rings. The van der Waals surface area contributed by atoms with Gasteiger partial charge in [-0.3, -0.25) is 4.79 Å². The number of carbonyl (C=O) groups excluding carboxylic acids is 1. The molecule has 1 saturated heterocycles. The van der Waals surface area contributed by atoms with Gasteiger partial charge in [-0.15, -0.1) is 24.0 Å². The van der Waals surface area contributed by atoms with Gasteiger partial charge in [0.05, 0.1) is 32.0 Å². The van der Waals surface area contributed by atoms with Crippen LogP contribution in [0.1, 0.15) is 31.4 Å². The number of benzene rings is 1. The van der Waals surface area contributed by atoms with Crippen molar-refractivity contribution in [2.45, 2.75) is 38.0 Å². The molecule has 0 aliphatic carbocycles. The minimum atomic E-state index is -0.0505. The zero-order valence-corrected chi connectivity index (χ0v) is 20.3. The van der Waals surface area contributed by atoms with Crippen molar-refractivity contribution in [2.75, 3.05) is 47.1 Å². The highest BCUT2D eigenvalue weighted by atomic mass is 127. The van der Waals surface area contributed by atoms with E-state index in [-0.39, 0.29) is 54.6 Å². The average Bonchev–Trinajstić information content (AvgIpc) is 3.24. The lowest BCUT2D eigenvalue weighted by atomic mass is 10.0. The van der Waals surface area contributed by atoms with Gasteiger partial charge in [0.2, 0.25) is 5.91 Å². The summed E-state index contributed by atoms with van der Waals surface area (Å²) in [4.78, 5) is 18.1. The van der Waals surface area contributed by atoms with E-state index in [0.29, 0.717) is 25.8 Å². The average molecular weight is 532 g/mol. The van der Waals surface area contributed by atoms with Gasteiger partial charge >= 0.3 is 0 Å². The quantitative estimate of drug-likeness (QED) is 0.318. The predicted octanol–water partition coefficient (Wildman–Crippen LogP) is 1.95. The molecule has 3 unspecified atom stereocenters. The van der Waals surface area contributed by atoms with Crippen LogP contribution in [0.2, 0.25) is 0 Å². The van der Waals surface area contributed by atoms with Crippen LogP contribution in [0, 0.1) is 0 Å². The van der Waals surface area contributed by atoms with Crippen molar-refractivity contribution in [3.8, 4) is 5.75 Å². The standard InChI is InChI=1S/C21H32N4O4.HI/c1-15(13-29-16-8-10-27-14-16)23-21(22-12-20(26)25(2)3)24-18-9-11-28-19-7-5-4-6-17(18)19;/h4-7,15-16,18H,8-14H2,1-3H3,(H2,22,23,24);1H. The lowest BCUT2D eigenvalue weighted by Gasteiger charge is -2.29. The van der Waals surface area contributed by atoms with E-state index in [4.69, 9.17) is 14.2 Å². The first-order chi connectivity index (χ1) is 14.0. The zero-order chi connectivity index (χ0) is 20.6. The third kappa shape index (κ3) is 7.28. The van der Waals surface area contributed by atoms with E-state index in [2.05, 4.69) is 21.7 Å². The maximum atomic E-state index is 12.0. The molecule has 168 valence electrons. The summed E-state index contributed by atoms with van der Waals surface area (Å²) in [5.41, 5.74) is 1.10. The molecule has 3 atom stereocenters. The summed E-state index contributed by atoms with van der Waals surface area (Å²) in [6.07, 6.45) is 1.91. The van der Waals surface area contributed by atoms with Crippen molar-refractivity contribution in [1.82, 2.24) is 15.5 Å². The van der Waals surface area contributed by atoms with Crippen LogP contribution >= 0.6 is 24.0 Å². The second-order valence-corrected chi connectivity index (χ2v) is 7.69. The van der Waals surface area contributed by atoms with E-state index in [1.54, 1.807) is 14.1 Å². The molecule has 0 radical (unpaired) electrons. The maximum Gasteiger partial charge on any atom is 0.243 e. The maximum absolute atomic E-state index is 12.0. The number of ether oxygens (including phenoxy) is 3. The number of carbonyl (C=O) groups is 1. The van der Waals surface area contributed by atoms with E-state index in [1.165, 1.54) is 4.90 Å². The number of hydrogen-bond donors (Lipinski definition) is 2. The molecule has 1 aromatic rings. The third-order valence-corrected chi connectivity index (χ3v) is 4.99. The molecular weight excluding hydrogens is 499 g/mol. The molecule has 2 aliphatic heterocycles. The number of aliphatic imine (C=N–C) groups is 1. The fraction of sp³-hybridized carbons (Fsp3) is 0.619. The highest BCUT2D eigenvalue weighted by Gasteiger charge is 2.23. The van der Waals surface area contributed by atoms with Gasteiger partial charge < -0.3 is 29.7 Å². The van der Waals surface area contributed by atoms with Crippen LogP contribution in [0.3, 0.4) is 0 Å². The Bertz CT molecular complexity index is 710. The highest BCUT2D eigenvalue weighted by Crippen LogP contribution is 2.31. The van der Waals surface area contributed by atoms with Crippen molar-refractivity contribution in [1.29, 1.82) is 0 Å². The summed E-state index contributed by atoms with van der Waals surface area (Å²) < 4.78 is 17.0. The summed E-state index contributed by atoms with van der Waals surface area (Å²) in [7, 11) is 3.46. The van der Waals surface area contributed by atoms with Crippen molar-refractivity contribution in [2.24, 2.45) is 4.99 Å². The Morgan fingerprint density at radius 1 is 1.30 bits per heavy atom. The first-order valence-electron chi connectivity index (χ1n) is 10.2. The molecule has 9 heteroatoms. The molecule has 2 N–H and O–H groups in total. The van der Waals surface area contributed by atoms with E-state index in [1.807, 2.05) is 25.1 Å². The summed E-state index contributed by atoms with van der Waals surface area (Å²) in [5, 5.41) is 6.85.